The van der Waals surface area contributed by atoms with E-state index in [1.807, 2.05) is 0 Å². The number of nitrogens with zero attached hydrogens (tertiary/aromatic N) is 2. The third-order valence-corrected chi connectivity index (χ3v) is 3.07. The van der Waals surface area contributed by atoms with Crippen molar-refractivity contribution in [2.45, 2.75) is 19.8 Å². The fraction of sp³-hybridized carbons (Fsp3) is 0.583. The third-order valence-electron chi connectivity index (χ3n) is 3.07. The average Bonchev–Trinajstić information content (AvgIpc) is 2.82. The Morgan fingerprint density at radius 3 is 3.05 bits per heavy atom. The minimum atomic E-state index is -0.856. The lowest BCUT2D eigenvalue weighted by molar-refractivity contribution is -0.146. The number of amides is 1. The molecule has 2 rings (SSSR count). The van der Waals surface area contributed by atoms with Crippen molar-refractivity contribution in [3.8, 4) is 5.88 Å². The van der Waals surface area contributed by atoms with Crippen molar-refractivity contribution >= 4 is 11.9 Å². The minimum Gasteiger partial charge on any atom is -0.481 e. The van der Waals surface area contributed by atoms with Gasteiger partial charge in [-0.05, 0) is 24.9 Å². The van der Waals surface area contributed by atoms with Gasteiger partial charge >= 0.3 is 5.97 Å². The molecule has 1 atom stereocenters. The normalized spacial score (nSPS) is 19.2. The number of carbonyl (C=O) groups is 2. The molecule has 1 aromatic rings. The number of carboxylic acid groups (broad SMARTS) is 1. The lowest BCUT2D eigenvalue weighted by Crippen LogP contribution is -2.44. The summed E-state index contributed by atoms with van der Waals surface area (Å²) < 4.78 is 10.0. The van der Waals surface area contributed by atoms with Crippen LogP contribution >= 0.6 is 0 Å². The van der Waals surface area contributed by atoms with E-state index >= 15 is 0 Å². The molecule has 1 N–H and O–H groups in total. The van der Waals surface area contributed by atoms with Gasteiger partial charge in [-0.1, -0.05) is 0 Å². The summed E-state index contributed by atoms with van der Waals surface area (Å²) in [4.78, 5) is 24.3. The number of ether oxygens (including phenoxy) is 1. The molecule has 0 aromatic carbocycles. The van der Waals surface area contributed by atoms with E-state index in [1.54, 1.807) is 13.0 Å². The topological polar surface area (TPSA) is 92.9 Å². The molecule has 0 spiro atoms. The first kappa shape index (κ1) is 13.4. The van der Waals surface area contributed by atoms with Crippen molar-refractivity contribution in [1.82, 2.24) is 10.1 Å². The van der Waals surface area contributed by atoms with E-state index in [0.29, 0.717) is 25.1 Å². The Morgan fingerprint density at radius 1 is 1.63 bits per heavy atom. The van der Waals surface area contributed by atoms with Crippen LogP contribution in [0.3, 0.4) is 0 Å². The number of rotatable bonds is 4. The van der Waals surface area contributed by atoms with Gasteiger partial charge in [0, 0.05) is 19.2 Å². The second-order valence-electron chi connectivity index (χ2n) is 4.58. The summed E-state index contributed by atoms with van der Waals surface area (Å²) in [6, 6.07) is 1.59. The van der Waals surface area contributed by atoms with Gasteiger partial charge in [0.15, 0.2) is 6.61 Å². The predicted molar refractivity (Wildman–Crippen MR) is 63.7 cm³/mol. The van der Waals surface area contributed by atoms with E-state index in [0.717, 1.165) is 0 Å². The van der Waals surface area contributed by atoms with E-state index in [1.165, 1.54) is 4.90 Å². The van der Waals surface area contributed by atoms with Gasteiger partial charge < -0.3 is 19.3 Å². The Bertz CT molecular complexity index is 470. The Labute approximate surface area is 110 Å². The minimum absolute atomic E-state index is 0.154. The lowest BCUT2D eigenvalue weighted by Gasteiger charge is -2.30. The number of piperidine rings is 1. The molecule has 0 radical (unpaired) electrons. The number of aromatic nitrogens is 1. The molecule has 7 heteroatoms. The Morgan fingerprint density at radius 2 is 2.42 bits per heavy atom. The maximum atomic E-state index is 11.9. The monoisotopic (exact) mass is 268 g/mol. The van der Waals surface area contributed by atoms with Crippen LogP contribution in [-0.2, 0) is 9.59 Å². The van der Waals surface area contributed by atoms with E-state index in [2.05, 4.69) is 5.16 Å². The number of hydrogen-bond acceptors (Lipinski definition) is 5. The van der Waals surface area contributed by atoms with Crippen molar-refractivity contribution in [1.29, 1.82) is 0 Å². The van der Waals surface area contributed by atoms with Crippen molar-refractivity contribution in [3.63, 3.8) is 0 Å². The van der Waals surface area contributed by atoms with Gasteiger partial charge in [-0.15, -0.1) is 0 Å². The molecule has 104 valence electrons. The van der Waals surface area contributed by atoms with Crippen LogP contribution in [0.1, 0.15) is 18.6 Å². The van der Waals surface area contributed by atoms with Crippen LogP contribution in [0.15, 0.2) is 10.6 Å². The van der Waals surface area contributed by atoms with Crippen molar-refractivity contribution in [2.24, 2.45) is 5.92 Å². The highest BCUT2D eigenvalue weighted by molar-refractivity contribution is 5.79. The zero-order chi connectivity index (χ0) is 13.8. The van der Waals surface area contributed by atoms with E-state index in [4.69, 9.17) is 14.4 Å². The van der Waals surface area contributed by atoms with Gasteiger partial charge in [0.25, 0.3) is 11.8 Å². The summed E-state index contributed by atoms with van der Waals surface area (Å²) in [6.45, 7) is 2.39. The molecule has 2 heterocycles. The molecule has 1 aliphatic heterocycles. The van der Waals surface area contributed by atoms with Gasteiger partial charge in [-0.3, -0.25) is 9.59 Å². The first-order valence-corrected chi connectivity index (χ1v) is 6.13. The first-order chi connectivity index (χ1) is 9.06. The first-order valence-electron chi connectivity index (χ1n) is 6.13. The van der Waals surface area contributed by atoms with Gasteiger partial charge in [-0.2, -0.15) is 0 Å². The quantitative estimate of drug-likeness (QED) is 0.863. The van der Waals surface area contributed by atoms with Gasteiger partial charge in [0.2, 0.25) is 0 Å². The van der Waals surface area contributed by atoms with Crippen molar-refractivity contribution < 1.29 is 24.0 Å². The maximum Gasteiger partial charge on any atom is 0.308 e. The van der Waals surface area contributed by atoms with Gasteiger partial charge in [-0.25, -0.2) is 0 Å². The van der Waals surface area contributed by atoms with Crippen LogP contribution in [0.5, 0.6) is 5.88 Å². The summed E-state index contributed by atoms with van der Waals surface area (Å²) in [5.41, 5.74) is 0. The molecular formula is C12H16N2O5. The summed E-state index contributed by atoms with van der Waals surface area (Å²) in [5, 5.41) is 12.6. The SMILES string of the molecule is Cc1cc(OCC(=O)N2CCC[C@@H](C(=O)O)C2)no1. The third kappa shape index (κ3) is 3.46. The molecule has 0 unspecified atom stereocenters. The standard InChI is InChI=1S/C12H16N2O5/c1-8-5-10(13-19-8)18-7-11(15)14-4-2-3-9(6-14)12(16)17/h5,9H,2-4,6-7H2,1H3,(H,16,17)/t9-/m1/s1. The van der Waals surface area contributed by atoms with Crippen molar-refractivity contribution in [2.75, 3.05) is 19.7 Å². The highest BCUT2D eigenvalue weighted by Crippen LogP contribution is 2.17. The number of aryl methyl sites for hydroxylation is 1. The number of hydrogen-bond donors (Lipinski definition) is 1. The summed E-state index contributed by atoms with van der Waals surface area (Å²) in [5.74, 6) is -0.701. The molecule has 0 aliphatic carbocycles. The van der Waals surface area contributed by atoms with E-state index in [9.17, 15) is 9.59 Å². The highest BCUT2D eigenvalue weighted by Gasteiger charge is 2.28. The van der Waals surface area contributed by atoms with Gasteiger partial charge in [0.05, 0.1) is 5.92 Å². The molecule has 1 fully saturated rings. The van der Waals surface area contributed by atoms with Crippen LogP contribution in [-0.4, -0.2) is 46.7 Å². The predicted octanol–water partition coefficient (Wildman–Crippen LogP) is 0.685. The fourth-order valence-electron chi connectivity index (χ4n) is 2.04. The second kappa shape index (κ2) is 5.73. The van der Waals surface area contributed by atoms with Crippen LogP contribution in [0, 0.1) is 12.8 Å². The summed E-state index contributed by atoms with van der Waals surface area (Å²) >= 11 is 0. The van der Waals surface area contributed by atoms with Crippen LogP contribution in [0.25, 0.3) is 0 Å². The number of carboxylic acids is 1. The Balaban J connectivity index is 1.84. The zero-order valence-corrected chi connectivity index (χ0v) is 10.7. The molecule has 7 nitrogen and oxygen atoms in total. The largest absolute Gasteiger partial charge is 0.481 e. The Kier molecular flexibility index (Phi) is 4.03. The average molecular weight is 268 g/mol. The zero-order valence-electron chi connectivity index (χ0n) is 10.7. The van der Waals surface area contributed by atoms with E-state index in [-0.39, 0.29) is 24.9 Å². The number of aliphatic carboxylic acids is 1. The van der Waals surface area contributed by atoms with Crippen LogP contribution in [0.2, 0.25) is 0 Å². The van der Waals surface area contributed by atoms with Crippen LogP contribution in [0.4, 0.5) is 0 Å². The van der Waals surface area contributed by atoms with Crippen LogP contribution < -0.4 is 4.74 Å². The Hall–Kier alpha value is -2.05. The summed E-state index contributed by atoms with van der Waals surface area (Å²) in [6.07, 6.45) is 1.31. The molecular weight excluding hydrogens is 252 g/mol. The molecule has 1 aromatic heterocycles. The van der Waals surface area contributed by atoms with E-state index < -0.39 is 11.9 Å². The lowest BCUT2D eigenvalue weighted by atomic mass is 9.98. The maximum absolute atomic E-state index is 11.9. The fourth-order valence-corrected chi connectivity index (χ4v) is 2.04. The van der Waals surface area contributed by atoms with Crippen molar-refractivity contribution in [3.05, 3.63) is 11.8 Å². The molecule has 0 bridgehead atoms. The molecule has 1 saturated heterocycles. The molecule has 0 saturated carbocycles. The molecule has 1 amide bonds. The highest BCUT2D eigenvalue weighted by atomic mass is 16.5. The van der Waals surface area contributed by atoms with Gasteiger partial charge in [0.1, 0.15) is 5.76 Å². The second-order valence-corrected chi connectivity index (χ2v) is 4.58. The smallest absolute Gasteiger partial charge is 0.308 e. The summed E-state index contributed by atoms with van der Waals surface area (Å²) in [7, 11) is 0. The molecule has 1 aliphatic rings. The molecule has 19 heavy (non-hydrogen) atoms. The number of carbonyl (C=O) groups excluding carboxylic acids is 1. The number of likely N-dealkylation sites (tertiary alicyclic amines) is 1.